The molecule has 0 heterocycles. The van der Waals surface area contributed by atoms with Gasteiger partial charge in [0.25, 0.3) is 0 Å². The van der Waals surface area contributed by atoms with Gasteiger partial charge in [-0.05, 0) is 90.7 Å². The Kier molecular flexibility index (Phi) is 5.35. The van der Waals surface area contributed by atoms with E-state index in [1.807, 2.05) is 37.5 Å². The highest BCUT2D eigenvalue weighted by Gasteiger charge is 2.24. The predicted octanol–water partition coefficient (Wildman–Crippen LogP) is 6.11. The lowest BCUT2D eigenvalue weighted by Crippen LogP contribution is -2.17. The highest BCUT2D eigenvalue weighted by Crippen LogP contribution is 2.33. The Morgan fingerprint density at radius 3 is 2.58 bits per heavy atom. The minimum absolute atomic E-state index is 0.670. The van der Waals surface area contributed by atoms with Crippen LogP contribution < -0.4 is 4.74 Å². The smallest absolute Gasteiger partial charge is 0.130 e. The van der Waals surface area contributed by atoms with Gasteiger partial charge in [0, 0.05) is 21.7 Å². The first kappa shape index (κ1) is 17.5. The van der Waals surface area contributed by atoms with Gasteiger partial charge in [0.1, 0.15) is 11.5 Å². The molecule has 5 heteroatoms. The minimum atomic E-state index is 0.670. The minimum Gasteiger partial charge on any atom is -0.457 e. The third-order valence-corrected chi connectivity index (χ3v) is 4.90. The molecule has 24 heavy (non-hydrogen) atoms. The number of hydrogen-bond donors (Lipinski definition) is 0. The van der Waals surface area contributed by atoms with Gasteiger partial charge in [-0.1, -0.05) is 11.6 Å². The number of aryl methyl sites for hydroxylation is 2. The van der Waals surface area contributed by atoms with Crippen molar-refractivity contribution in [3.63, 3.8) is 0 Å². The molecule has 1 aliphatic rings. The highest BCUT2D eigenvalue weighted by molar-refractivity contribution is 14.1. The van der Waals surface area contributed by atoms with E-state index in [4.69, 9.17) is 16.3 Å². The Bertz CT molecular complexity index is 767. The van der Waals surface area contributed by atoms with Crippen LogP contribution in [-0.2, 0) is 0 Å². The molecule has 0 aliphatic heterocycles. The van der Waals surface area contributed by atoms with Gasteiger partial charge in [-0.3, -0.25) is 0 Å². The Morgan fingerprint density at radius 1 is 1.17 bits per heavy atom. The molecule has 3 rings (SSSR count). The SMILES string of the molecule is Cc1cc(Oc2cc(Cl)cc(I)c2)c(C)cc1/N=C/N(C)C1CC1. The van der Waals surface area contributed by atoms with Crippen LogP contribution >= 0.6 is 34.2 Å². The number of ether oxygens (including phenoxy) is 1. The summed E-state index contributed by atoms with van der Waals surface area (Å²) in [4.78, 5) is 6.81. The zero-order chi connectivity index (χ0) is 17.3. The van der Waals surface area contributed by atoms with E-state index in [0.717, 1.165) is 31.9 Å². The second-order valence-corrected chi connectivity index (χ2v) is 7.93. The lowest BCUT2D eigenvalue weighted by Gasteiger charge is -2.13. The van der Waals surface area contributed by atoms with Crippen LogP contribution in [0.5, 0.6) is 11.5 Å². The number of rotatable bonds is 5. The Labute approximate surface area is 161 Å². The largest absolute Gasteiger partial charge is 0.457 e. The quantitative estimate of drug-likeness (QED) is 0.309. The molecule has 0 saturated heterocycles. The van der Waals surface area contributed by atoms with Crippen molar-refractivity contribution in [2.45, 2.75) is 32.7 Å². The van der Waals surface area contributed by atoms with Crippen molar-refractivity contribution in [2.24, 2.45) is 4.99 Å². The van der Waals surface area contributed by atoms with Crippen molar-refractivity contribution in [3.05, 3.63) is 50.1 Å². The van der Waals surface area contributed by atoms with E-state index in [2.05, 4.69) is 52.5 Å². The van der Waals surface area contributed by atoms with Crippen LogP contribution in [-0.4, -0.2) is 24.3 Å². The second-order valence-electron chi connectivity index (χ2n) is 6.25. The van der Waals surface area contributed by atoms with E-state index < -0.39 is 0 Å². The lowest BCUT2D eigenvalue weighted by molar-refractivity contribution is 0.478. The predicted molar refractivity (Wildman–Crippen MR) is 109 cm³/mol. The first-order chi connectivity index (χ1) is 11.4. The zero-order valence-electron chi connectivity index (χ0n) is 14.0. The molecule has 0 bridgehead atoms. The Hall–Kier alpha value is -1.27. The van der Waals surface area contributed by atoms with E-state index >= 15 is 0 Å². The fourth-order valence-electron chi connectivity index (χ4n) is 2.47. The van der Waals surface area contributed by atoms with Crippen molar-refractivity contribution in [2.75, 3.05) is 7.05 Å². The zero-order valence-corrected chi connectivity index (χ0v) is 16.9. The van der Waals surface area contributed by atoms with Crippen LogP contribution in [0, 0.1) is 17.4 Å². The Balaban J connectivity index is 1.81. The van der Waals surface area contributed by atoms with E-state index in [1.165, 1.54) is 12.8 Å². The van der Waals surface area contributed by atoms with Gasteiger partial charge in [0.2, 0.25) is 0 Å². The van der Waals surface area contributed by atoms with Gasteiger partial charge in [0.15, 0.2) is 0 Å². The van der Waals surface area contributed by atoms with E-state index in [1.54, 1.807) is 0 Å². The van der Waals surface area contributed by atoms with Crippen LogP contribution in [0.15, 0.2) is 35.3 Å². The number of hydrogen-bond acceptors (Lipinski definition) is 2. The number of nitrogens with zero attached hydrogens (tertiary/aromatic N) is 2. The summed E-state index contributed by atoms with van der Waals surface area (Å²) in [6.07, 6.45) is 4.47. The molecular formula is C19H20ClIN2O. The fraction of sp³-hybridized carbons (Fsp3) is 0.316. The van der Waals surface area contributed by atoms with Gasteiger partial charge in [-0.25, -0.2) is 4.99 Å². The summed E-state index contributed by atoms with van der Waals surface area (Å²) >= 11 is 8.34. The molecule has 0 amide bonds. The summed E-state index contributed by atoms with van der Waals surface area (Å²) in [7, 11) is 2.08. The topological polar surface area (TPSA) is 24.8 Å². The molecule has 1 fully saturated rings. The van der Waals surface area contributed by atoms with Crippen LogP contribution in [0.25, 0.3) is 0 Å². The molecule has 3 nitrogen and oxygen atoms in total. The number of aliphatic imine (C=N–C) groups is 1. The van der Waals surface area contributed by atoms with Crippen molar-refractivity contribution >= 4 is 46.2 Å². The third kappa shape index (κ3) is 4.42. The van der Waals surface area contributed by atoms with Crippen molar-refractivity contribution < 1.29 is 4.74 Å². The number of benzene rings is 2. The Morgan fingerprint density at radius 2 is 1.92 bits per heavy atom. The third-order valence-electron chi connectivity index (χ3n) is 4.06. The van der Waals surface area contributed by atoms with Crippen LogP contribution in [0.1, 0.15) is 24.0 Å². The molecule has 126 valence electrons. The fourth-order valence-corrected chi connectivity index (χ4v) is 3.52. The molecule has 1 aliphatic carbocycles. The second kappa shape index (κ2) is 7.31. The van der Waals surface area contributed by atoms with E-state index in [-0.39, 0.29) is 0 Å². The molecule has 2 aromatic rings. The van der Waals surface area contributed by atoms with Gasteiger partial charge in [0.05, 0.1) is 12.0 Å². The number of halogens is 2. The molecule has 0 N–H and O–H groups in total. The first-order valence-electron chi connectivity index (χ1n) is 7.93. The molecule has 0 radical (unpaired) electrons. The van der Waals surface area contributed by atoms with Crippen LogP contribution in [0.2, 0.25) is 5.02 Å². The van der Waals surface area contributed by atoms with Gasteiger partial charge in [-0.15, -0.1) is 0 Å². The first-order valence-corrected chi connectivity index (χ1v) is 9.39. The summed E-state index contributed by atoms with van der Waals surface area (Å²) < 4.78 is 7.08. The summed E-state index contributed by atoms with van der Waals surface area (Å²) in [6.45, 7) is 4.09. The van der Waals surface area contributed by atoms with Crippen molar-refractivity contribution in [1.29, 1.82) is 0 Å². The molecule has 0 unspecified atom stereocenters. The average Bonchev–Trinajstić information content (AvgIpc) is 3.32. The van der Waals surface area contributed by atoms with Gasteiger partial charge < -0.3 is 9.64 Å². The van der Waals surface area contributed by atoms with Gasteiger partial charge in [-0.2, -0.15) is 0 Å². The average molecular weight is 455 g/mol. The molecule has 0 aromatic heterocycles. The van der Waals surface area contributed by atoms with Gasteiger partial charge >= 0.3 is 0 Å². The van der Waals surface area contributed by atoms with Crippen LogP contribution in [0.4, 0.5) is 5.69 Å². The maximum atomic E-state index is 6.11. The summed E-state index contributed by atoms with van der Waals surface area (Å²) in [5, 5.41) is 0.676. The maximum Gasteiger partial charge on any atom is 0.130 e. The standard InChI is InChI=1S/C19H20ClIN2O/c1-12-7-19(24-17-9-14(20)8-15(21)10-17)13(2)6-18(12)22-11-23(3)16-4-5-16/h6-11,16H,4-5H2,1-3H3/b22-11+. The van der Waals surface area contributed by atoms with Crippen LogP contribution in [0.3, 0.4) is 0 Å². The van der Waals surface area contributed by atoms with E-state index in [0.29, 0.717) is 11.1 Å². The normalized spacial score (nSPS) is 14.2. The summed E-state index contributed by atoms with van der Waals surface area (Å²) in [6, 6.07) is 10.5. The molecule has 0 spiro atoms. The monoisotopic (exact) mass is 454 g/mol. The van der Waals surface area contributed by atoms with E-state index in [9.17, 15) is 0 Å². The molecule has 0 atom stereocenters. The summed E-state index contributed by atoms with van der Waals surface area (Å²) in [5.74, 6) is 1.58. The molecule has 1 saturated carbocycles. The van der Waals surface area contributed by atoms with Crippen molar-refractivity contribution in [3.8, 4) is 11.5 Å². The molecular weight excluding hydrogens is 435 g/mol. The lowest BCUT2D eigenvalue weighted by atomic mass is 10.1. The summed E-state index contributed by atoms with van der Waals surface area (Å²) in [5.41, 5.74) is 3.12. The molecule has 2 aromatic carbocycles. The van der Waals surface area contributed by atoms with Crippen molar-refractivity contribution in [1.82, 2.24) is 4.90 Å². The highest BCUT2D eigenvalue weighted by atomic mass is 127. The maximum absolute atomic E-state index is 6.11.